The summed E-state index contributed by atoms with van der Waals surface area (Å²) < 4.78 is 5.71. The lowest BCUT2D eigenvalue weighted by atomic mass is 10.2. The predicted octanol–water partition coefficient (Wildman–Crippen LogP) is 1.09. The van der Waals surface area contributed by atoms with E-state index in [9.17, 15) is 0 Å². The molecule has 1 fully saturated rings. The third-order valence-corrected chi connectivity index (χ3v) is 3.00. The summed E-state index contributed by atoms with van der Waals surface area (Å²) in [6.45, 7) is 6.35. The molecule has 0 saturated carbocycles. The van der Waals surface area contributed by atoms with E-state index >= 15 is 0 Å². The molecule has 1 aliphatic heterocycles. The van der Waals surface area contributed by atoms with Crippen molar-refractivity contribution in [3.63, 3.8) is 0 Å². The van der Waals surface area contributed by atoms with Crippen molar-refractivity contribution in [3.8, 4) is 0 Å². The van der Waals surface area contributed by atoms with Crippen LogP contribution in [0.2, 0.25) is 0 Å². The van der Waals surface area contributed by atoms with E-state index in [0.29, 0.717) is 6.54 Å². The van der Waals surface area contributed by atoms with Gasteiger partial charge >= 0.3 is 0 Å². The molecule has 0 aliphatic carbocycles. The number of nitrogens with zero attached hydrogens (tertiary/aromatic N) is 3. The quantitative estimate of drug-likeness (QED) is 0.458. The molecule has 0 aromatic carbocycles. The van der Waals surface area contributed by atoms with Crippen LogP contribution >= 0.6 is 24.0 Å². The number of halogens is 1. The summed E-state index contributed by atoms with van der Waals surface area (Å²) in [6.07, 6.45) is 2.27. The van der Waals surface area contributed by atoms with Crippen molar-refractivity contribution in [2.45, 2.75) is 32.6 Å². The molecule has 0 radical (unpaired) electrons. The first-order valence-electron chi connectivity index (χ1n) is 6.45. The fourth-order valence-corrected chi connectivity index (χ4v) is 2.24. The Balaban J connectivity index is 0.00000200. The molecule has 1 saturated heterocycles. The second kappa shape index (κ2) is 7.63. The van der Waals surface area contributed by atoms with Gasteiger partial charge in [-0.15, -0.1) is 24.0 Å². The van der Waals surface area contributed by atoms with E-state index in [1.807, 2.05) is 18.3 Å². The highest BCUT2D eigenvalue weighted by Crippen LogP contribution is 2.18. The highest BCUT2D eigenvalue weighted by molar-refractivity contribution is 14.0. The van der Waals surface area contributed by atoms with Gasteiger partial charge in [0.15, 0.2) is 5.96 Å². The van der Waals surface area contributed by atoms with E-state index < -0.39 is 0 Å². The fourth-order valence-electron chi connectivity index (χ4n) is 2.24. The van der Waals surface area contributed by atoms with Crippen LogP contribution in [0.25, 0.3) is 0 Å². The van der Waals surface area contributed by atoms with Crippen LogP contribution < -0.4 is 16.4 Å². The molecule has 2 atom stereocenters. The minimum absolute atomic E-state index is 0. The number of ether oxygens (including phenoxy) is 1. The SMILES string of the molecule is CC1CN(c2ccc(CN=C(N)N)cn2)CC(C)O1.I. The number of anilines is 1. The number of guanidine groups is 1. The summed E-state index contributed by atoms with van der Waals surface area (Å²) in [7, 11) is 0. The molecule has 6 nitrogen and oxygen atoms in total. The fraction of sp³-hybridized carbons (Fsp3) is 0.538. The Bertz CT molecular complexity index is 437. The van der Waals surface area contributed by atoms with Crippen molar-refractivity contribution in [1.29, 1.82) is 0 Å². The molecule has 0 amide bonds. The van der Waals surface area contributed by atoms with Gasteiger partial charge < -0.3 is 21.1 Å². The first-order chi connectivity index (χ1) is 9.04. The maximum Gasteiger partial charge on any atom is 0.186 e. The first kappa shape index (κ1) is 17.0. The summed E-state index contributed by atoms with van der Waals surface area (Å²) in [5.74, 6) is 1.07. The van der Waals surface area contributed by atoms with Crippen LogP contribution in [0.15, 0.2) is 23.3 Å². The zero-order chi connectivity index (χ0) is 13.8. The molecule has 1 aromatic heterocycles. The number of hydrogen-bond acceptors (Lipinski definition) is 4. The third-order valence-electron chi connectivity index (χ3n) is 3.00. The summed E-state index contributed by atoms with van der Waals surface area (Å²) in [5, 5.41) is 0. The van der Waals surface area contributed by atoms with E-state index in [-0.39, 0.29) is 42.1 Å². The van der Waals surface area contributed by atoms with Gasteiger partial charge in [-0.3, -0.25) is 0 Å². The van der Waals surface area contributed by atoms with Crippen LogP contribution in [0, 0.1) is 0 Å². The van der Waals surface area contributed by atoms with E-state index in [0.717, 1.165) is 24.5 Å². The Morgan fingerprint density at radius 3 is 2.50 bits per heavy atom. The third kappa shape index (κ3) is 4.78. The summed E-state index contributed by atoms with van der Waals surface area (Å²) >= 11 is 0. The highest BCUT2D eigenvalue weighted by Gasteiger charge is 2.22. The van der Waals surface area contributed by atoms with Gasteiger partial charge in [0, 0.05) is 19.3 Å². The Morgan fingerprint density at radius 2 is 2.00 bits per heavy atom. The molecular formula is C13H22IN5O. The summed E-state index contributed by atoms with van der Waals surface area (Å²) in [6, 6.07) is 4.00. The lowest BCUT2D eigenvalue weighted by molar-refractivity contribution is -0.00545. The van der Waals surface area contributed by atoms with Crippen molar-refractivity contribution in [3.05, 3.63) is 23.9 Å². The number of aliphatic imine (C=N–C) groups is 1. The van der Waals surface area contributed by atoms with Crippen LogP contribution in [0.4, 0.5) is 5.82 Å². The average Bonchev–Trinajstić information content (AvgIpc) is 2.36. The maximum absolute atomic E-state index is 5.71. The summed E-state index contributed by atoms with van der Waals surface area (Å²) in [4.78, 5) is 10.7. The van der Waals surface area contributed by atoms with E-state index in [1.54, 1.807) is 0 Å². The van der Waals surface area contributed by atoms with Crippen LogP contribution in [-0.4, -0.2) is 36.2 Å². The standard InChI is InChI=1S/C13H21N5O.HI/c1-9-7-18(8-10(2)19-9)12-4-3-11(5-16-12)6-17-13(14)15;/h3-5,9-10H,6-8H2,1-2H3,(H4,14,15,17);1H. The predicted molar refractivity (Wildman–Crippen MR) is 91.4 cm³/mol. The molecule has 112 valence electrons. The molecular weight excluding hydrogens is 369 g/mol. The van der Waals surface area contributed by atoms with Gasteiger partial charge in [-0.1, -0.05) is 6.07 Å². The number of pyridine rings is 1. The van der Waals surface area contributed by atoms with Crippen LogP contribution in [-0.2, 0) is 11.3 Å². The number of morpholine rings is 1. The monoisotopic (exact) mass is 391 g/mol. The van der Waals surface area contributed by atoms with Gasteiger partial charge in [0.2, 0.25) is 0 Å². The second-order valence-electron chi connectivity index (χ2n) is 4.93. The van der Waals surface area contributed by atoms with Gasteiger partial charge in [-0.2, -0.15) is 0 Å². The smallest absolute Gasteiger partial charge is 0.186 e. The van der Waals surface area contributed by atoms with Crippen molar-refractivity contribution < 1.29 is 4.74 Å². The van der Waals surface area contributed by atoms with Gasteiger partial charge in [0.25, 0.3) is 0 Å². The Hall–Kier alpha value is -1.09. The lowest BCUT2D eigenvalue weighted by Gasteiger charge is -2.36. The maximum atomic E-state index is 5.71. The molecule has 1 aliphatic rings. The first-order valence-corrected chi connectivity index (χ1v) is 6.45. The van der Waals surface area contributed by atoms with E-state index in [4.69, 9.17) is 16.2 Å². The van der Waals surface area contributed by atoms with Gasteiger partial charge in [-0.25, -0.2) is 9.98 Å². The molecule has 0 bridgehead atoms. The molecule has 2 unspecified atom stereocenters. The molecule has 1 aromatic rings. The topological polar surface area (TPSA) is 89.8 Å². The van der Waals surface area contributed by atoms with E-state index in [1.165, 1.54) is 0 Å². The zero-order valence-corrected chi connectivity index (χ0v) is 14.2. The number of rotatable bonds is 3. The van der Waals surface area contributed by atoms with Crippen molar-refractivity contribution in [1.82, 2.24) is 4.98 Å². The van der Waals surface area contributed by atoms with Crippen LogP contribution in [0.3, 0.4) is 0 Å². The number of hydrogen-bond donors (Lipinski definition) is 2. The molecule has 0 spiro atoms. The van der Waals surface area contributed by atoms with Crippen LogP contribution in [0.1, 0.15) is 19.4 Å². The number of aromatic nitrogens is 1. The lowest BCUT2D eigenvalue weighted by Crippen LogP contribution is -2.45. The Kier molecular flexibility index (Phi) is 6.47. The largest absolute Gasteiger partial charge is 0.372 e. The number of nitrogens with two attached hydrogens (primary N) is 2. The molecule has 20 heavy (non-hydrogen) atoms. The molecule has 4 N–H and O–H groups in total. The van der Waals surface area contributed by atoms with Crippen molar-refractivity contribution in [2.24, 2.45) is 16.5 Å². The van der Waals surface area contributed by atoms with E-state index in [2.05, 4.69) is 28.7 Å². The highest BCUT2D eigenvalue weighted by atomic mass is 127. The minimum Gasteiger partial charge on any atom is -0.372 e. The molecule has 2 rings (SSSR count). The van der Waals surface area contributed by atoms with Crippen LogP contribution in [0.5, 0.6) is 0 Å². The zero-order valence-electron chi connectivity index (χ0n) is 11.8. The average molecular weight is 391 g/mol. The van der Waals surface area contributed by atoms with Crippen molar-refractivity contribution in [2.75, 3.05) is 18.0 Å². The van der Waals surface area contributed by atoms with Gasteiger partial charge in [0.1, 0.15) is 5.82 Å². The Labute approximate surface area is 136 Å². The molecule has 7 heteroatoms. The van der Waals surface area contributed by atoms with Crippen molar-refractivity contribution >= 4 is 35.8 Å². The van der Waals surface area contributed by atoms with Gasteiger partial charge in [-0.05, 0) is 25.5 Å². The van der Waals surface area contributed by atoms with Gasteiger partial charge in [0.05, 0.1) is 18.8 Å². The Morgan fingerprint density at radius 1 is 1.35 bits per heavy atom. The second-order valence-corrected chi connectivity index (χ2v) is 4.93. The summed E-state index contributed by atoms with van der Waals surface area (Å²) in [5.41, 5.74) is 11.6. The molecule has 2 heterocycles. The minimum atomic E-state index is 0. The normalized spacial score (nSPS) is 22.0.